The molecule has 0 spiro atoms. The summed E-state index contributed by atoms with van der Waals surface area (Å²) in [5, 5.41) is 0. The van der Waals surface area contributed by atoms with Gasteiger partial charge < -0.3 is 0 Å². The minimum atomic E-state index is -4.29. The first-order chi connectivity index (χ1) is 9.99. The van der Waals surface area contributed by atoms with Crippen LogP contribution < -0.4 is 0 Å². The van der Waals surface area contributed by atoms with E-state index >= 15 is 0 Å². The van der Waals surface area contributed by atoms with Crippen molar-refractivity contribution in [3.8, 4) is 0 Å². The van der Waals surface area contributed by atoms with E-state index in [2.05, 4.69) is 18.0 Å². The zero-order chi connectivity index (χ0) is 16.0. The molecule has 1 unspecified atom stereocenters. The van der Waals surface area contributed by atoms with Gasteiger partial charge in [-0.05, 0) is 18.8 Å². The molecule has 0 fully saturated rings. The van der Waals surface area contributed by atoms with E-state index in [1.54, 1.807) is 0 Å². The molecule has 0 saturated heterocycles. The Morgan fingerprint density at radius 3 is 1.81 bits per heavy atom. The number of hydrogen-bond donors (Lipinski definition) is 1. The average molecular weight is 323 g/mol. The third-order valence-electron chi connectivity index (χ3n) is 3.87. The maximum Gasteiger partial charge on any atom is 0.397 e. The van der Waals surface area contributed by atoms with E-state index < -0.39 is 10.4 Å². The summed E-state index contributed by atoms with van der Waals surface area (Å²) in [7, 11) is -4.29. The molecular weight excluding hydrogens is 288 g/mol. The fourth-order valence-electron chi connectivity index (χ4n) is 2.65. The summed E-state index contributed by atoms with van der Waals surface area (Å²) < 4.78 is 34.3. The first kappa shape index (κ1) is 20.9. The Balaban J connectivity index is 3.56. The van der Waals surface area contributed by atoms with Gasteiger partial charge in [-0.3, -0.25) is 4.55 Å². The first-order valence-electron chi connectivity index (χ1n) is 8.61. The van der Waals surface area contributed by atoms with E-state index in [1.165, 1.54) is 51.4 Å². The molecule has 1 atom stereocenters. The van der Waals surface area contributed by atoms with Gasteiger partial charge in [-0.1, -0.05) is 78.1 Å². The van der Waals surface area contributed by atoms with Gasteiger partial charge >= 0.3 is 10.4 Å². The van der Waals surface area contributed by atoms with Crippen LogP contribution in [-0.2, 0) is 14.6 Å². The minimum Gasteiger partial charge on any atom is -0.264 e. The van der Waals surface area contributed by atoms with Crippen LogP contribution in [0.5, 0.6) is 0 Å². The molecule has 0 aliphatic heterocycles. The second kappa shape index (κ2) is 13.5. The molecule has 0 aromatic rings. The normalized spacial score (nSPS) is 13.5. The molecule has 128 valence electrons. The fraction of sp³-hybridized carbons (Fsp3) is 1.00. The Morgan fingerprint density at radius 1 is 0.810 bits per heavy atom. The standard InChI is InChI=1S/C16H34O4S/c1-3-5-6-7-8-9-10-11-12-14-16(13-4-2)15-20-21(17,18)19/h16H,3-15H2,1-2H3,(H,17,18,19). The molecule has 0 aliphatic rings. The largest absolute Gasteiger partial charge is 0.397 e. The van der Waals surface area contributed by atoms with Crippen molar-refractivity contribution in [2.75, 3.05) is 6.61 Å². The van der Waals surface area contributed by atoms with Crippen molar-refractivity contribution in [2.45, 2.75) is 90.9 Å². The number of hydrogen-bond acceptors (Lipinski definition) is 3. The van der Waals surface area contributed by atoms with Crippen molar-refractivity contribution >= 4 is 10.4 Å². The second-order valence-electron chi connectivity index (χ2n) is 5.98. The lowest BCUT2D eigenvalue weighted by Crippen LogP contribution is -2.14. The Bertz CT molecular complexity index is 314. The molecule has 0 aromatic heterocycles. The van der Waals surface area contributed by atoms with Gasteiger partial charge in [-0.15, -0.1) is 0 Å². The van der Waals surface area contributed by atoms with E-state index in [9.17, 15) is 8.42 Å². The van der Waals surface area contributed by atoms with Gasteiger partial charge in [-0.25, -0.2) is 4.18 Å². The summed E-state index contributed by atoms with van der Waals surface area (Å²) in [4.78, 5) is 0. The number of rotatable bonds is 15. The van der Waals surface area contributed by atoms with Crippen molar-refractivity contribution in [2.24, 2.45) is 5.92 Å². The molecule has 0 bridgehead atoms. The zero-order valence-corrected chi connectivity index (χ0v) is 14.7. The number of unbranched alkanes of at least 4 members (excludes halogenated alkanes) is 8. The topological polar surface area (TPSA) is 63.6 Å². The molecule has 0 rings (SSSR count). The lowest BCUT2D eigenvalue weighted by molar-refractivity contribution is 0.206. The highest BCUT2D eigenvalue weighted by molar-refractivity contribution is 7.80. The molecule has 0 aromatic carbocycles. The first-order valence-corrected chi connectivity index (χ1v) is 9.98. The van der Waals surface area contributed by atoms with Crippen molar-refractivity contribution in [1.82, 2.24) is 0 Å². The SMILES string of the molecule is CCCCCCCCCCCC(CCC)COS(=O)(=O)O. The van der Waals surface area contributed by atoms with Crippen LogP contribution in [0.2, 0.25) is 0 Å². The molecule has 21 heavy (non-hydrogen) atoms. The van der Waals surface area contributed by atoms with Gasteiger partial charge in [0.1, 0.15) is 0 Å². The maximum absolute atomic E-state index is 10.6. The summed E-state index contributed by atoms with van der Waals surface area (Å²) in [6.07, 6.45) is 14.6. The Kier molecular flexibility index (Phi) is 13.4. The minimum absolute atomic E-state index is 0.115. The van der Waals surface area contributed by atoms with E-state index in [4.69, 9.17) is 4.55 Å². The summed E-state index contributed by atoms with van der Waals surface area (Å²) in [6, 6.07) is 0. The van der Waals surface area contributed by atoms with Gasteiger partial charge in [0.2, 0.25) is 0 Å². The molecule has 0 radical (unpaired) electrons. The summed E-state index contributed by atoms with van der Waals surface area (Å²) >= 11 is 0. The van der Waals surface area contributed by atoms with Crippen molar-refractivity contribution in [3.63, 3.8) is 0 Å². The van der Waals surface area contributed by atoms with Crippen LogP contribution in [0.1, 0.15) is 90.9 Å². The Hall–Kier alpha value is -0.130. The third kappa shape index (κ3) is 16.1. The molecule has 0 saturated carbocycles. The monoisotopic (exact) mass is 322 g/mol. The van der Waals surface area contributed by atoms with Crippen LogP contribution in [-0.4, -0.2) is 19.6 Å². The maximum atomic E-state index is 10.6. The van der Waals surface area contributed by atoms with E-state index in [-0.39, 0.29) is 12.5 Å². The van der Waals surface area contributed by atoms with Gasteiger partial charge in [0.15, 0.2) is 0 Å². The second-order valence-corrected chi connectivity index (χ2v) is 7.08. The van der Waals surface area contributed by atoms with Crippen LogP contribution in [0.3, 0.4) is 0 Å². The summed E-state index contributed by atoms with van der Waals surface area (Å²) in [5.41, 5.74) is 0. The third-order valence-corrected chi connectivity index (χ3v) is 4.30. The predicted octanol–water partition coefficient (Wildman–Crippen LogP) is 5.14. The van der Waals surface area contributed by atoms with Crippen molar-refractivity contribution < 1.29 is 17.2 Å². The van der Waals surface area contributed by atoms with Gasteiger partial charge in [0.25, 0.3) is 0 Å². The van der Waals surface area contributed by atoms with Gasteiger partial charge in [0.05, 0.1) is 6.61 Å². The van der Waals surface area contributed by atoms with Crippen LogP contribution in [0.15, 0.2) is 0 Å². The molecule has 0 amide bonds. The van der Waals surface area contributed by atoms with Crippen LogP contribution in [0.4, 0.5) is 0 Å². The molecular formula is C16H34O4S. The summed E-state index contributed by atoms with van der Waals surface area (Å²) in [5.74, 6) is 0.237. The highest BCUT2D eigenvalue weighted by Gasteiger charge is 2.12. The van der Waals surface area contributed by atoms with Crippen LogP contribution >= 0.6 is 0 Å². The van der Waals surface area contributed by atoms with Crippen LogP contribution in [0, 0.1) is 5.92 Å². The van der Waals surface area contributed by atoms with E-state index in [0.29, 0.717) is 0 Å². The fourth-order valence-corrected chi connectivity index (χ4v) is 3.01. The molecule has 5 heteroatoms. The molecule has 1 N–H and O–H groups in total. The van der Waals surface area contributed by atoms with Gasteiger partial charge in [-0.2, -0.15) is 8.42 Å². The highest BCUT2D eigenvalue weighted by Crippen LogP contribution is 2.18. The summed E-state index contributed by atoms with van der Waals surface area (Å²) in [6.45, 7) is 4.43. The molecule has 0 aliphatic carbocycles. The van der Waals surface area contributed by atoms with Crippen LogP contribution in [0.25, 0.3) is 0 Å². The van der Waals surface area contributed by atoms with Crippen molar-refractivity contribution in [1.29, 1.82) is 0 Å². The van der Waals surface area contributed by atoms with Gasteiger partial charge in [0, 0.05) is 0 Å². The Labute approximate surface area is 131 Å². The Morgan fingerprint density at radius 2 is 1.33 bits per heavy atom. The molecule has 4 nitrogen and oxygen atoms in total. The lowest BCUT2D eigenvalue weighted by atomic mass is 9.97. The molecule has 0 heterocycles. The lowest BCUT2D eigenvalue weighted by Gasteiger charge is -2.14. The van der Waals surface area contributed by atoms with E-state index in [1.807, 2.05) is 0 Å². The quantitative estimate of drug-likeness (QED) is 0.335. The predicted molar refractivity (Wildman–Crippen MR) is 87.7 cm³/mol. The average Bonchev–Trinajstić information content (AvgIpc) is 2.42. The zero-order valence-electron chi connectivity index (χ0n) is 13.8. The smallest absolute Gasteiger partial charge is 0.264 e. The highest BCUT2D eigenvalue weighted by atomic mass is 32.3. The van der Waals surface area contributed by atoms with E-state index in [0.717, 1.165) is 25.7 Å². The van der Waals surface area contributed by atoms with Crippen molar-refractivity contribution in [3.05, 3.63) is 0 Å².